The van der Waals surface area contributed by atoms with E-state index >= 15 is 0 Å². The lowest BCUT2D eigenvalue weighted by molar-refractivity contribution is 0.373. The maximum absolute atomic E-state index is 9.61. The minimum Gasteiger partial charge on any atom is -0.504 e. The predicted molar refractivity (Wildman–Crippen MR) is 70.4 cm³/mol. The predicted octanol–water partition coefficient (Wildman–Crippen LogP) is 2.93. The number of hydrogen-bond acceptors (Lipinski definition) is 3. The van der Waals surface area contributed by atoms with Crippen molar-refractivity contribution in [3.8, 4) is 11.5 Å². The highest BCUT2D eigenvalue weighted by Crippen LogP contribution is 2.25. The third-order valence-electron chi connectivity index (χ3n) is 2.71. The van der Waals surface area contributed by atoms with Crippen molar-refractivity contribution in [1.29, 1.82) is 0 Å². The van der Waals surface area contributed by atoms with Gasteiger partial charge in [0.05, 0.1) is 7.11 Å². The fourth-order valence-electron chi connectivity index (χ4n) is 1.71. The Bertz CT molecular complexity index is 337. The Labute approximate surface area is 104 Å². The van der Waals surface area contributed by atoms with Gasteiger partial charge in [-0.25, -0.2) is 0 Å². The van der Waals surface area contributed by atoms with Crippen LogP contribution in [0.25, 0.3) is 0 Å². The molecule has 3 heteroatoms. The number of aromatic hydroxyl groups is 1. The number of phenolic OH excluding ortho intramolecular Hbond substituents is 1. The summed E-state index contributed by atoms with van der Waals surface area (Å²) in [6.07, 6.45) is 2.45. The zero-order valence-corrected chi connectivity index (χ0v) is 11.0. The molecular weight excluding hydrogens is 214 g/mol. The molecule has 0 aliphatic heterocycles. The van der Waals surface area contributed by atoms with Crippen molar-refractivity contribution >= 4 is 0 Å². The fourth-order valence-corrected chi connectivity index (χ4v) is 1.71. The standard InChI is InChI=1S/C14H23NO2/c1-11(2)5-4-8-15-10-12-6-7-14(17-3)13(16)9-12/h6-7,9,11,15-16H,4-5,8,10H2,1-3H3. The van der Waals surface area contributed by atoms with E-state index in [2.05, 4.69) is 19.2 Å². The van der Waals surface area contributed by atoms with Gasteiger partial charge < -0.3 is 15.2 Å². The molecule has 0 amide bonds. The van der Waals surface area contributed by atoms with Gasteiger partial charge >= 0.3 is 0 Å². The molecule has 0 saturated heterocycles. The van der Waals surface area contributed by atoms with Crippen LogP contribution in [-0.2, 0) is 6.54 Å². The average Bonchev–Trinajstić information content (AvgIpc) is 2.28. The van der Waals surface area contributed by atoms with Crippen molar-refractivity contribution in [2.24, 2.45) is 5.92 Å². The minimum absolute atomic E-state index is 0.203. The molecule has 0 radical (unpaired) electrons. The Kier molecular flexibility index (Phi) is 5.84. The lowest BCUT2D eigenvalue weighted by Crippen LogP contribution is -2.15. The van der Waals surface area contributed by atoms with Gasteiger partial charge in [0, 0.05) is 6.54 Å². The van der Waals surface area contributed by atoms with Crippen LogP contribution in [0.3, 0.4) is 0 Å². The molecule has 0 aliphatic carbocycles. The normalized spacial score (nSPS) is 10.8. The van der Waals surface area contributed by atoms with Crippen LogP contribution in [0, 0.1) is 5.92 Å². The summed E-state index contributed by atoms with van der Waals surface area (Å²) in [6.45, 7) is 6.28. The molecule has 96 valence electrons. The van der Waals surface area contributed by atoms with Crippen molar-refractivity contribution in [2.75, 3.05) is 13.7 Å². The average molecular weight is 237 g/mol. The summed E-state index contributed by atoms with van der Waals surface area (Å²) < 4.78 is 5.00. The van der Waals surface area contributed by atoms with Crippen LogP contribution in [0.2, 0.25) is 0 Å². The Morgan fingerprint density at radius 2 is 2.12 bits per heavy atom. The summed E-state index contributed by atoms with van der Waals surface area (Å²) in [7, 11) is 1.55. The first-order valence-corrected chi connectivity index (χ1v) is 6.20. The molecule has 0 aromatic heterocycles. The van der Waals surface area contributed by atoms with Gasteiger partial charge in [-0.05, 0) is 43.0 Å². The van der Waals surface area contributed by atoms with Crippen LogP contribution >= 0.6 is 0 Å². The second-order valence-electron chi connectivity index (χ2n) is 4.72. The van der Waals surface area contributed by atoms with Crippen molar-refractivity contribution < 1.29 is 9.84 Å². The zero-order valence-electron chi connectivity index (χ0n) is 11.0. The van der Waals surface area contributed by atoms with Gasteiger partial charge in [0.25, 0.3) is 0 Å². The molecular formula is C14H23NO2. The summed E-state index contributed by atoms with van der Waals surface area (Å²) in [5, 5.41) is 13.0. The molecule has 2 N–H and O–H groups in total. The van der Waals surface area contributed by atoms with E-state index in [-0.39, 0.29) is 5.75 Å². The van der Waals surface area contributed by atoms with Crippen LogP contribution in [-0.4, -0.2) is 18.8 Å². The second-order valence-corrected chi connectivity index (χ2v) is 4.72. The van der Waals surface area contributed by atoms with E-state index in [4.69, 9.17) is 4.74 Å². The van der Waals surface area contributed by atoms with Gasteiger partial charge in [0.1, 0.15) is 0 Å². The Hall–Kier alpha value is -1.22. The molecule has 1 rings (SSSR count). The number of phenols is 1. The lowest BCUT2D eigenvalue weighted by Gasteiger charge is -2.08. The molecule has 0 spiro atoms. The topological polar surface area (TPSA) is 41.5 Å². The van der Waals surface area contributed by atoms with E-state index in [1.54, 1.807) is 19.2 Å². The van der Waals surface area contributed by atoms with E-state index in [0.717, 1.165) is 24.6 Å². The molecule has 0 unspecified atom stereocenters. The van der Waals surface area contributed by atoms with E-state index in [0.29, 0.717) is 5.75 Å². The quantitative estimate of drug-likeness (QED) is 0.716. The number of methoxy groups -OCH3 is 1. The first-order chi connectivity index (χ1) is 8.13. The highest BCUT2D eigenvalue weighted by atomic mass is 16.5. The summed E-state index contributed by atoms with van der Waals surface area (Å²) in [5.74, 6) is 1.49. The van der Waals surface area contributed by atoms with Crippen molar-refractivity contribution in [3.05, 3.63) is 23.8 Å². The second kappa shape index (κ2) is 7.17. The molecule has 0 bridgehead atoms. The number of nitrogens with one attached hydrogen (secondary N) is 1. The molecule has 17 heavy (non-hydrogen) atoms. The van der Waals surface area contributed by atoms with Gasteiger partial charge in [-0.3, -0.25) is 0 Å². The van der Waals surface area contributed by atoms with E-state index in [1.807, 2.05) is 6.07 Å². The Morgan fingerprint density at radius 1 is 1.35 bits per heavy atom. The molecule has 1 aromatic carbocycles. The summed E-state index contributed by atoms with van der Waals surface area (Å²) >= 11 is 0. The smallest absolute Gasteiger partial charge is 0.160 e. The molecule has 0 fully saturated rings. The lowest BCUT2D eigenvalue weighted by atomic mass is 10.1. The van der Waals surface area contributed by atoms with Crippen molar-refractivity contribution in [1.82, 2.24) is 5.32 Å². The highest BCUT2D eigenvalue weighted by molar-refractivity contribution is 5.41. The minimum atomic E-state index is 0.203. The number of rotatable bonds is 7. The summed E-state index contributed by atoms with van der Waals surface area (Å²) in [6, 6.07) is 5.50. The van der Waals surface area contributed by atoms with E-state index in [9.17, 15) is 5.11 Å². The summed E-state index contributed by atoms with van der Waals surface area (Å²) in [4.78, 5) is 0. The van der Waals surface area contributed by atoms with Crippen LogP contribution in [0.15, 0.2) is 18.2 Å². The zero-order chi connectivity index (χ0) is 12.7. The van der Waals surface area contributed by atoms with E-state index in [1.165, 1.54) is 12.8 Å². The van der Waals surface area contributed by atoms with Gasteiger partial charge in [0.2, 0.25) is 0 Å². The molecule has 0 heterocycles. The molecule has 0 atom stereocenters. The van der Waals surface area contributed by atoms with Gasteiger partial charge in [-0.1, -0.05) is 19.9 Å². The first-order valence-electron chi connectivity index (χ1n) is 6.20. The largest absolute Gasteiger partial charge is 0.504 e. The Morgan fingerprint density at radius 3 is 2.71 bits per heavy atom. The fraction of sp³-hybridized carbons (Fsp3) is 0.571. The number of ether oxygens (including phenoxy) is 1. The van der Waals surface area contributed by atoms with Crippen LogP contribution in [0.5, 0.6) is 11.5 Å². The van der Waals surface area contributed by atoms with Crippen LogP contribution < -0.4 is 10.1 Å². The molecule has 1 aromatic rings. The van der Waals surface area contributed by atoms with Crippen LogP contribution in [0.1, 0.15) is 32.3 Å². The van der Waals surface area contributed by atoms with Crippen molar-refractivity contribution in [3.63, 3.8) is 0 Å². The SMILES string of the molecule is COc1ccc(CNCCCC(C)C)cc1O. The monoisotopic (exact) mass is 237 g/mol. The highest BCUT2D eigenvalue weighted by Gasteiger charge is 2.02. The van der Waals surface area contributed by atoms with Gasteiger partial charge in [0.15, 0.2) is 11.5 Å². The summed E-state index contributed by atoms with van der Waals surface area (Å²) in [5.41, 5.74) is 1.08. The maximum atomic E-state index is 9.61. The number of hydrogen-bond donors (Lipinski definition) is 2. The van der Waals surface area contributed by atoms with Crippen LogP contribution in [0.4, 0.5) is 0 Å². The van der Waals surface area contributed by atoms with Crippen molar-refractivity contribution in [2.45, 2.75) is 33.2 Å². The number of benzene rings is 1. The van der Waals surface area contributed by atoms with Gasteiger partial charge in [-0.2, -0.15) is 0 Å². The molecule has 3 nitrogen and oxygen atoms in total. The Balaban J connectivity index is 2.30. The van der Waals surface area contributed by atoms with E-state index < -0.39 is 0 Å². The van der Waals surface area contributed by atoms with Gasteiger partial charge in [-0.15, -0.1) is 0 Å². The molecule has 0 saturated carbocycles. The first kappa shape index (κ1) is 13.8. The third-order valence-corrected chi connectivity index (χ3v) is 2.71. The maximum Gasteiger partial charge on any atom is 0.160 e. The third kappa shape index (κ3) is 5.09. The molecule has 0 aliphatic rings.